The van der Waals surface area contributed by atoms with E-state index in [2.05, 4.69) is 10.3 Å². The Morgan fingerprint density at radius 1 is 1.34 bits per heavy atom. The number of furan rings is 1. The molecular formula is C21H24N4O6S. The first-order valence-corrected chi connectivity index (χ1v) is 11.9. The van der Waals surface area contributed by atoms with Gasteiger partial charge in [0.15, 0.2) is 5.78 Å². The molecule has 2 amide bonds. The number of pyridine rings is 1. The summed E-state index contributed by atoms with van der Waals surface area (Å²) in [6, 6.07) is 2.13. The first-order valence-electron chi connectivity index (χ1n) is 10.4. The summed E-state index contributed by atoms with van der Waals surface area (Å²) in [6.45, 7) is 1.83. The molecule has 2 aromatic heterocycles. The number of hydrogen-bond acceptors (Lipinski definition) is 7. The van der Waals surface area contributed by atoms with Crippen LogP contribution >= 0.6 is 0 Å². The number of fused-ring (bicyclic) bond motifs is 1. The van der Waals surface area contributed by atoms with Crippen LogP contribution in [0.3, 0.4) is 0 Å². The average Bonchev–Trinajstić information content (AvgIpc) is 3.52. The van der Waals surface area contributed by atoms with E-state index in [4.69, 9.17) is 4.42 Å². The molecule has 3 atom stereocenters. The summed E-state index contributed by atoms with van der Waals surface area (Å²) < 4.78 is 32.2. The van der Waals surface area contributed by atoms with E-state index >= 15 is 0 Å². The van der Waals surface area contributed by atoms with Crippen molar-refractivity contribution in [3.05, 3.63) is 48.7 Å². The third-order valence-corrected chi connectivity index (χ3v) is 7.72. The molecule has 0 radical (unpaired) electrons. The fourth-order valence-corrected chi connectivity index (χ4v) is 5.95. The van der Waals surface area contributed by atoms with Gasteiger partial charge in [0, 0.05) is 18.9 Å². The number of rotatable bonds is 7. The summed E-state index contributed by atoms with van der Waals surface area (Å²) >= 11 is 0. The van der Waals surface area contributed by atoms with Crippen molar-refractivity contribution in [2.75, 3.05) is 13.1 Å². The van der Waals surface area contributed by atoms with Crippen LogP contribution < -0.4 is 5.32 Å². The van der Waals surface area contributed by atoms with Gasteiger partial charge in [0.05, 0.1) is 24.4 Å². The highest BCUT2D eigenvalue weighted by Gasteiger charge is 2.54. The molecule has 0 aliphatic carbocycles. The average molecular weight is 461 g/mol. The van der Waals surface area contributed by atoms with Gasteiger partial charge in [-0.25, -0.2) is 8.42 Å². The Labute approximate surface area is 185 Å². The van der Waals surface area contributed by atoms with Crippen LogP contribution in [0.4, 0.5) is 0 Å². The van der Waals surface area contributed by atoms with Gasteiger partial charge in [-0.3, -0.25) is 19.4 Å². The van der Waals surface area contributed by atoms with Crippen LogP contribution in [0.15, 0.2) is 52.4 Å². The van der Waals surface area contributed by atoms with Gasteiger partial charge in [0.2, 0.25) is 15.9 Å². The summed E-state index contributed by atoms with van der Waals surface area (Å²) in [5.41, 5.74) is 0.295. The van der Waals surface area contributed by atoms with E-state index in [-0.39, 0.29) is 29.7 Å². The zero-order valence-corrected chi connectivity index (χ0v) is 18.3. The molecular weight excluding hydrogens is 436 g/mol. The van der Waals surface area contributed by atoms with Gasteiger partial charge in [-0.2, -0.15) is 4.31 Å². The highest BCUT2D eigenvalue weighted by molar-refractivity contribution is 7.89. The van der Waals surface area contributed by atoms with E-state index in [0.717, 1.165) is 0 Å². The molecule has 0 bridgehead atoms. The third-order valence-electron chi connectivity index (χ3n) is 5.87. The summed E-state index contributed by atoms with van der Waals surface area (Å²) in [5.74, 6) is -1.16. The molecule has 2 saturated heterocycles. The maximum Gasteiger partial charge on any atom is 0.255 e. The second kappa shape index (κ2) is 8.83. The SMILES string of the molecule is CCCC(NC(=O)c1ccoc1)C(=O)N1CCC2C1C(=O)CN2S(=O)(=O)c1cccnc1. The van der Waals surface area contributed by atoms with Crippen LogP contribution in [-0.2, 0) is 19.6 Å². The van der Waals surface area contributed by atoms with E-state index in [0.29, 0.717) is 24.8 Å². The van der Waals surface area contributed by atoms with Crippen molar-refractivity contribution in [1.29, 1.82) is 0 Å². The first kappa shape index (κ1) is 22.2. The predicted octanol–water partition coefficient (Wildman–Crippen LogP) is 0.816. The number of ketones is 1. The van der Waals surface area contributed by atoms with Gasteiger partial charge in [-0.05, 0) is 31.0 Å². The number of carbonyl (C=O) groups is 3. The van der Waals surface area contributed by atoms with Gasteiger partial charge < -0.3 is 14.6 Å². The summed E-state index contributed by atoms with van der Waals surface area (Å²) in [5, 5.41) is 2.72. The standard InChI is InChI=1S/C21H24N4O6S/c1-2-4-16(23-20(27)14-7-10-31-13-14)21(28)24-9-6-17-19(24)18(26)12-25(17)32(29,30)15-5-3-8-22-11-15/h3,5,7-8,10-11,13,16-17,19H,2,4,6,9,12H2,1H3,(H,23,27). The molecule has 4 rings (SSSR count). The second-order valence-corrected chi connectivity index (χ2v) is 9.76. The highest BCUT2D eigenvalue weighted by atomic mass is 32.2. The molecule has 3 unspecified atom stereocenters. The maximum absolute atomic E-state index is 13.3. The molecule has 1 N–H and O–H groups in total. The fourth-order valence-electron chi connectivity index (χ4n) is 4.36. The normalized spacial score (nSPS) is 22.0. The summed E-state index contributed by atoms with van der Waals surface area (Å²) in [7, 11) is -3.92. The topological polar surface area (TPSA) is 130 Å². The number of amides is 2. The zero-order valence-electron chi connectivity index (χ0n) is 17.5. The lowest BCUT2D eigenvalue weighted by Crippen LogP contribution is -2.52. The second-order valence-electron chi connectivity index (χ2n) is 7.86. The number of likely N-dealkylation sites (tertiary alicyclic amines) is 1. The van der Waals surface area contributed by atoms with Gasteiger partial charge in [-0.1, -0.05) is 13.3 Å². The molecule has 2 aliphatic heterocycles. The monoisotopic (exact) mass is 460 g/mol. The molecule has 2 fully saturated rings. The largest absolute Gasteiger partial charge is 0.472 e. The zero-order chi connectivity index (χ0) is 22.9. The Morgan fingerprint density at radius 2 is 2.16 bits per heavy atom. The molecule has 0 spiro atoms. The van der Waals surface area contributed by atoms with Crippen molar-refractivity contribution in [1.82, 2.24) is 19.5 Å². The number of nitrogens with zero attached hydrogens (tertiary/aromatic N) is 3. The van der Waals surface area contributed by atoms with Crippen molar-refractivity contribution in [2.45, 2.75) is 49.2 Å². The Hall–Kier alpha value is -3.05. The van der Waals surface area contributed by atoms with Gasteiger partial charge in [-0.15, -0.1) is 0 Å². The van der Waals surface area contributed by atoms with Crippen molar-refractivity contribution in [3.8, 4) is 0 Å². The molecule has 0 saturated carbocycles. The number of hydrogen-bond donors (Lipinski definition) is 1. The Bertz CT molecular complexity index is 1100. The third kappa shape index (κ3) is 3.93. The lowest BCUT2D eigenvalue weighted by atomic mass is 10.1. The van der Waals surface area contributed by atoms with E-state index in [1.807, 2.05) is 6.92 Å². The van der Waals surface area contributed by atoms with Gasteiger partial charge in [0.25, 0.3) is 5.91 Å². The minimum absolute atomic E-state index is 0.00876. The molecule has 4 heterocycles. The number of nitrogens with one attached hydrogen (secondary N) is 1. The minimum atomic E-state index is -3.92. The molecule has 10 nitrogen and oxygen atoms in total. The number of aromatic nitrogens is 1. The van der Waals surface area contributed by atoms with Crippen molar-refractivity contribution in [3.63, 3.8) is 0 Å². The van der Waals surface area contributed by atoms with Crippen LogP contribution in [0.25, 0.3) is 0 Å². The van der Waals surface area contributed by atoms with Crippen LogP contribution in [0.2, 0.25) is 0 Å². The van der Waals surface area contributed by atoms with E-state index in [9.17, 15) is 22.8 Å². The minimum Gasteiger partial charge on any atom is -0.472 e. The predicted molar refractivity (Wildman–Crippen MR) is 112 cm³/mol. The van der Waals surface area contributed by atoms with Crippen molar-refractivity contribution in [2.24, 2.45) is 0 Å². The molecule has 0 aromatic carbocycles. The molecule has 32 heavy (non-hydrogen) atoms. The first-order chi connectivity index (χ1) is 15.3. The molecule has 2 aromatic rings. The molecule has 170 valence electrons. The summed E-state index contributed by atoms with van der Waals surface area (Å²) in [4.78, 5) is 43.9. The van der Waals surface area contributed by atoms with E-state index < -0.39 is 34.1 Å². The Balaban J connectivity index is 1.53. The van der Waals surface area contributed by atoms with Gasteiger partial charge >= 0.3 is 0 Å². The number of carbonyl (C=O) groups excluding carboxylic acids is 3. The van der Waals surface area contributed by atoms with Crippen molar-refractivity contribution >= 4 is 27.6 Å². The van der Waals surface area contributed by atoms with E-state index in [1.54, 1.807) is 0 Å². The molecule has 2 aliphatic rings. The van der Waals surface area contributed by atoms with E-state index in [1.165, 1.54) is 52.3 Å². The number of Topliss-reactive ketones (excluding diaryl/α,β-unsaturated/α-hetero) is 1. The van der Waals surface area contributed by atoms with Crippen LogP contribution in [0.5, 0.6) is 0 Å². The Morgan fingerprint density at radius 3 is 2.81 bits per heavy atom. The molecule has 11 heteroatoms. The lowest BCUT2D eigenvalue weighted by Gasteiger charge is -2.28. The maximum atomic E-state index is 13.3. The smallest absolute Gasteiger partial charge is 0.255 e. The Kier molecular flexibility index (Phi) is 6.11. The lowest BCUT2D eigenvalue weighted by molar-refractivity contribution is -0.138. The van der Waals surface area contributed by atoms with Gasteiger partial charge in [0.1, 0.15) is 23.2 Å². The fraction of sp³-hybridized carbons (Fsp3) is 0.429. The number of sulfonamides is 1. The highest BCUT2D eigenvalue weighted by Crippen LogP contribution is 2.34. The summed E-state index contributed by atoms with van der Waals surface area (Å²) in [6.07, 6.45) is 6.74. The van der Waals surface area contributed by atoms with Crippen LogP contribution in [0.1, 0.15) is 36.5 Å². The quantitative estimate of drug-likeness (QED) is 0.647. The van der Waals surface area contributed by atoms with Crippen LogP contribution in [0, 0.1) is 0 Å². The van der Waals surface area contributed by atoms with Crippen molar-refractivity contribution < 1.29 is 27.2 Å². The van der Waals surface area contributed by atoms with Crippen LogP contribution in [-0.4, -0.2) is 71.4 Å².